The van der Waals surface area contributed by atoms with Gasteiger partial charge >= 0.3 is 6.18 Å². The van der Waals surface area contributed by atoms with Crippen molar-refractivity contribution in [2.24, 2.45) is 0 Å². The summed E-state index contributed by atoms with van der Waals surface area (Å²) >= 11 is 6.05. The molecule has 0 saturated carbocycles. The van der Waals surface area contributed by atoms with E-state index in [-0.39, 0.29) is 16.4 Å². The fourth-order valence-corrected chi connectivity index (χ4v) is 2.26. The van der Waals surface area contributed by atoms with E-state index in [1.165, 1.54) is 12.1 Å². The second-order valence-electron chi connectivity index (χ2n) is 4.48. The summed E-state index contributed by atoms with van der Waals surface area (Å²) in [6.07, 6.45) is -2.60. The van der Waals surface area contributed by atoms with Crippen LogP contribution in [0.25, 0.3) is 5.69 Å². The van der Waals surface area contributed by atoms with Crippen LogP contribution in [0.3, 0.4) is 0 Å². The molecule has 0 saturated heterocycles. The van der Waals surface area contributed by atoms with Gasteiger partial charge in [-0.15, -0.1) is 0 Å². The summed E-state index contributed by atoms with van der Waals surface area (Å²) in [5.74, 6) is 0. The normalized spacial score (nSPS) is 11.7. The number of hydrogen-bond donors (Lipinski definition) is 0. The first kappa shape index (κ1) is 15.6. The smallest absolute Gasteiger partial charge is 0.298 e. The Morgan fingerprint density at radius 2 is 2.10 bits per heavy atom. The summed E-state index contributed by atoms with van der Waals surface area (Å²) in [5, 5.41) is 4.17. The number of alkyl halides is 3. The average Bonchev–Trinajstić information content (AvgIpc) is 2.75. The maximum atomic E-state index is 12.7. The quantitative estimate of drug-likeness (QED) is 0.788. The van der Waals surface area contributed by atoms with Crippen molar-refractivity contribution in [3.8, 4) is 5.69 Å². The molecule has 0 radical (unpaired) electrons. The maximum Gasteiger partial charge on any atom is 0.416 e. The zero-order chi connectivity index (χ0) is 15.6. The van der Waals surface area contributed by atoms with Gasteiger partial charge in [0.1, 0.15) is 5.15 Å². The molecule has 1 aromatic carbocycles. The third-order valence-corrected chi connectivity index (χ3v) is 3.33. The summed E-state index contributed by atoms with van der Waals surface area (Å²) in [6, 6.07) is 4.65. The molecule has 0 aliphatic carbocycles. The molecule has 112 valence electrons. The number of carbonyl (C=O) groups excluding carboxylic acids is 1. The van der Waals surface area contributed by atoms with E-state index >= 15 is 0 Å². The molecule has 1 heterocycles. The molecule has 0 bridgehead atoms. The molecule has 1 aromatic heterocycles. The standard InChI is InChI=1S/C14H12ClF3N2O/c1-2-4-12-11(8-21)13(15)20(19-12)10-6-3-5-9(7-10)14(16,17)18/h3,5-8H,2,4H2,1H3. The van der Waals surface area contributed by atoms with Crippen LogP contribution in [0.2, 0.25) is 5.15 Å². The summed E-state index contributed by atoms with van der Waals surface area (Å²) in [6.45, 7) is 1.91. The van der Waals surface area contributed by atoms with E-state index in [0.717, 1.165) is 23.2 Å². The minimum Gasteiger partial charge on any atom is -0.298 e. The Hall–Kier alpha value is -1.82. The molecule has 21 heavy (non-hydrogen) atoms. The number of aryl methyl sites for hydroxylation is 1. The van der Waals surface area contributed by atoms with Crippen LogP contribution in [-0.4, -0.2) is 16.1 Å². The number of nitrogens with zero attached hydrogens (tertiary/aromatic N) is 2. The lowest BCUT2D eigenvalue weighted by molar-refractivity contribution is -0.137. The van der Waals surface area contributed by atoms with Gasteiger partial charge in [0.25, 0.3) is 0 Å². The predicted octanol–water partition coefficient (Wildman–Crippen LogP) is 4.31. The van der Waals surface area contributed by atoms with Gasteiger partial charge in [0.2, 0.25) is 0 Å². The molecule has 0 atom stereocenters. The monoisotopic (exact) mass is 316 g/mol. The summed E-state index contributed by atoms with van der Waals surface area (Å²) in [7, 11) is 0. The number of carbonyl (C=O) groups is 1. The van der Waals surface area contributed by atoms with Crippen LogP contribution in [-0.2, 0) is 12.6 Å². The highest BCUT2D eigenvalue weighted by Crippen LogP contribution is 2.31. The molecule has 2 aromatic rings. The van der Waals surface area contributed by atoms with Gasteiger partial charge in [-0.25, -0.2) is 4.68 Å². The van der Waals surface area contributed by atoms with Crippen molar-refractivity contribution in [3.05, 3.63) is 46.2 Å². The van der Waals surface area contributed by atoms with Gasteiger partial charge in [-0.3, -0.25) is 4.79 Å². The number of aldehydes is 1. The highest BCUT2D eigenvalue weighted by Gasteiger charge is 2.31. The van der Waals surface area contributed by atoms with Gasteiger partial charge in [0.15, 0.2) is 6.29 Å². The zero-order valence-electron chi connectivity index (χ0n) is 11.1. The minimum atomic E-state index is -4.45. The van der Waals surface area contributed by atoms with Crippen LogP contribution < -0.4 is 0 Å². The molecule has 0 amide bonds. The Balaban J connectivity index is 2.54. The number of aromatic nitrogens is 2. The number of benzene rings is 1. The Labute approximate surface area is 124 Å². The molecule has 0 N–H and O–H groups in total. The summed E-state index contributed by atoms with van der Waals surface area (Å²) < 4.78 is 39.4. The van der Waals surface area contributed by atoms with Gasteiger partial charge in [-0.05, 0) is 24.6 Å². The molecule has 0 spiro atoms. The van der Waals surface area contributed by atoms with Gasteiger partial charge in [-0.1, -0.05) is 31.0 Å². The summed E-state index contributed by atoms with van der Waals surface area (Å²) in [4.78, 5) is 11.1. The molecule has 0 unspecified atom stereocenters. The largest absolute Gasteiger partial charge is 0.416 e. The second kappa shape index (κ2) is 5.89. The molecule has 0 aliphatic heterocycles. The van der Waals surface area contributed by atoms with E-state index in [9.17, 15) is 18.0 Å². The van der Waals surface area contributed by atoms with Crippen LogP contribution in [0.15, 0.2) is 24.3 Å². The third kappa shape index (κ3) is 3.10. The lowest BCUT2D eigenvalue weighted by atomic mass is 10.2. The molecule has 7 heteroatoms. The lowest BCUT2D eigenvalue weighted by Gasteiger charge is -2.09. The van der Waals surface area contributed by atoms with Gasteiger partial charge in [0.05, 0.1) is 22.5 Å². The van der Waals surface area contributed by atoms with Crippen LogP contribution in [0, 0.1) is 0 Å². The highest BCUT2D eigenvalue weighted by atomic mass is 35.5. The molecule has 3 nitrogen and oxygen atoms in total. The topological polar surface area (TPSA) is 34.9 Å². The Morgan fingerprint density at radius 1 is 1.38 bits per heavy atom. The van der Waals surface area contributed by atoms with E-state index in [1.54, 1.807) is 0 Å². The van der Waals surface area contributed by atoms with Crippen LogP contribution in [0.4, 0.5) is 13.2 Å². The molecule has 2 rings (SSSR count). The van der Waals surface area contributed by atoms with E-state index in [0.29, 0.717) is 18.4 Å². The van der Waals surface area contributed by atoms with Crippen molar-refractivity contribution in [1.29, 1.82) is 0 Å². The number of hydrogen-bond acceptors (Lipinski definition) is 2. The summed E-state index contributed by atoms with van der Waals surface area (Å²) in [5.41, 5.74) is 0.0716. The predicted molar refractivity (Wildman–Crippen MR) is 73.0 cm³/mol. The first-order valence-electron chi connectivity index (χ1n) is 6.28. The van der Waals surface area contributed by atoms with Crippen LogP contribution >= 0.6 is 11.6 Å². The van der Waals surface area contributed by atoms with Crippen molar-refractivity contribution >= 4 is 17.9 Å². The fraction of sp³-hybridized carbons (Fsp3) is 0.286. The van der Waals surface area contributed by atoms with Gasteiger partial charge in [-0.2, -0.15) is 18.3 Å². The minimum absolute atomic E-state index is 0.0211. The number of halogens is 4. The van der Waals surface area contributed by atoms with Crippen molar-refractivity contribution in [2.75, 3.05) is 0 Å². The van der Waals surface area contributed by atoms with Crippen molar-refractivity contribution in [1.82, 2.24) is 9.78 Å². The fourth-order valence-electron chi connectivity index (χ4n) is 1.97. The van der Waals surface area contributed by atoms with E-state index in [2.05, 4.69) is 5.10 Å². The van der Waals surface area contributed by atoms with Crippen LogP contribution in [0.1, 0.15) is 35.0 Å². The zero-order valence-corrected chi connectivity index (χ0v) is 11.9. The Kier molecular flexibility index (Phi) is 4.37. The Bertz CT molecular complexity index is 665. The van der Waals surface area contributed by atoms with Crippen LogP contribution in [0.5, 0.6) is 0 Å². The first-order valence-corrected chi connectivity index (χ1v) is 6.66. The van der Waals surface area contributed by atoms with E-state index in [1.807, 2.05) is 6.92 Å². The van der Waals surface area contributed by atoms with Crippen molar-refractivity contribution in [3.63, 3.8) is 0 Å². The first-order chi connectivity index (χ1) is 9.88. The van der Waals surface area contributed by atoms with E-state index < -0.39 is 11.7 Å². The molecule has 0 fully saturated rings. The van der Waals surface area contributed by atoms with Crippen molar-refractivity contribution in [2.45, 2.75) is 25.9 Å². The Morgan fingerprint density at radius 3 is 2.67 bits per heavy atom. The number of rotatable bonds is 4. The lowest BCUT2D eigenvalue weighted by Crippen LogP contribution is -2.06. The van der Waals surface area contributed by atoms with Gasteiger partial charge < -0.3 is 0 Å². The maximum absolute atomic E-state index is 12.7. The molecular weight excluding hydrogens is 305 g/mol. The second-order valence-corrected chi connectivity index (χ2v) is 4.84. The third-order valence-electron chi connectivity index (χ3n) is 2.96. The highest BCUT2D eigenvalue weighted by molar-refractivity contribution is 6.32. The van der Waals surface area contributed by atoms with Crippen molar-refractivity contribution < 1.29 is 18.0 Å². The SMILES string of the molecule is CCCc1nn(-c2cccc(C(F)(F)F)c2)c(Cl)c1C=O. The molecular formula is C14H12ClF3N2O. The van der Waals surface area contributed by atoms with E-state index in [4.69, 9.17) is 11.6 Å². The average molecular weight is 317 g/mol. The molecule has 0 aliphatic rings. The van der Waals surface area contributed by atoms with Gasteiger partial charge in [0, 0.05) is 0 Å².